The number of nitrogens with one attached hydrogen (secondary N) is 1. The Morgan fingerprint density at radius 1 is 1.17 bits per heavy atom. The molecule has 3 N–H and O–H groups in total. The summed E-state index contributed by atoms with van der Waals surface area (Å²) in [7, 11) is 0. The second-order valence-corrected chi connectivity index (χ2v) is 5.77. The maximum Gasteiger partial charge on any atom is 0.227 e. The van der Waals surface area contributed by atoms with Crippen LogP contribution in [0.15, 0.2) is 48.5 Å². The highest BCUT2D eigenvalue weighted by atomic mass is 19.1. The molecule has 3 nitrogen and oxygen atoms in total. The number of amides is 1. The summed E-state index contributed by atoms with van der Waals surface area (Å²) in [6, 6.07) is 12.0. The normalized spacial score (nSPS) is 13.3. The van der Waals surface area contributed by atoms with Crippen molar-refractivity contribution in [2.45, 2.75) is 31.7 Å². The van der Waals surface area contributed by atoms with Crippen molar-refractivity contribution in [2.75, 3.05) is 6.54 Å². The third kappa shape index (κ3) is 4.61. The van der Waals surface area contributed by atoms with Crippen molar-refractivity contribution < 1.29 is 13.6 Å². The van der Waals surface area contributed by atoms with Gasteiger partial charge in [-0.3, -0.25) is 4.79 Å². The van der Waals surface area contributed by atoms with Crippen LogP contribution in [0.2, 0.25) is 0 Å². The van der Waals surface area contributed by atoms with E-state index in [9.17, 15) is 13.6 Å². The highest BCUT2D eigenvalue weighted by molar-refractivity contribution is 5.83. The Balaban J connectivity index is 2.02. The molecule has 0 saturated carbocycles. The second-order valence-electron chi connectivity index (χ2n) is 5.77. The topological polar surface area (TPSA) is 55.1 Å². The second kappa shape index (κ2) is 8.55. The van der Waals surface area contributed by atoms with E-state index in [1.54, 1.807) is 0 Å². The summed E-state index contributed by atoms with van der Waals surface area (Å²) in [6.45, 7) is 2.11. The fourth-order valence-corrected chi connectivity index (χ4v) is 2.67. The number of benzene rings is 2. The lowest BCUT2D eigenvalue weighted by atomic mass is 9.93. The first-order chi connectivity index (χ1) is 11.5. The Hall–Kier alpha value is -2.27. The number of hydrogen-bond donors (Lipinski definition) is 2. The minimum atomic E-state index is -0.729. The van der Waals surface area contributed by atoms with Gasteiger partial charge in [-0.25, -0.2) is 8.78 Å². The molecule has 0 aliphatic rings. The van der Waals surface area contributed by atoms with Gasteiger partial charge in [0.15, 0.2) is 0 Å². The van der Waals surface area contributed by atoms with Gasteiger partial charge in [-0.1, -0.05) is 49.7 Å². The fraction of sp³-hybridized carbons (Fsp3) is 0.316. The molecule has 1 amide bonds. The predicted octanol–water partition coefficient (Wildman–Crippen LogP) is 3.66. The predicted molar refractivity (Wildman–Crippen MR) is 90.4 cm³/mol. The number of carbonyl (C=O) groups excluding carboxylic acids is 1. The lowest BCUT2D eigenvalue weighted by Gasteiger charge is -2.19. The average molecular weight is 332 g/mol. The molecule has 0 radical (unpaired) electrons. The average Bonchev–Trinajstić information content (AvgIpc) is 2.58. The molecule has 0 aliphatic carbocycles. The molecule has 128 valence electrons. The summed E-state index contributed by atoms with van der Waals surface area (Å²) >= 11 is 0. The van der Waals surface area contributed by atoms with E-state index >= 15 is 0 Å². The summed E-state index contributed by atoms with van der Waals surface area (Å²) in [5.41, 5.74) is 7.06. The zero-order valence-corrected chi connectivity index (χ0v) is 13.6. The Bertz CT molecular complexity index is 676. The smallest absolute Gasteiger partial charge is 0.227 e. The first-order valence-corrected chi connectivity index (χ1v) is 8.06. The zero-order valence-electron chi connectivity index (χ0n) is 13.6. The van der Waals surface area contributed by atoms with Crippen molar-refractivity contribution in [1.29, 1.82) is 0 Å². The van der Waals surface area contributed by atoms with Gasteiger partial charge in [0.2, 0.25) is 5.91 Å². The van der Waals surface area contributed by atoms with Gasteiger partial charge < -0.3 is 11.1 Å². The first-order valence-electron chi connectivity index (χ1n) is 8.06. The number of halogens is 2. The third-order valence-electron chi connectivity index (χ3n) is 3.95. The van der Waals surface area contributed by atoms with E-state index in [0.717, 1.165) is 30.5 Å². The summed E-state index contributed by atoms with van der Waals surface area (Å²) in [6.07, 6.45) is 1.58. The summed E-state index contributed by atoms with van der Waals surface area (Å²) in [4.78, 5) is 12.5. The van der Waals surface area contributed by atoms with Crippen LogP contribution >= 0.6 is 0 Å². The number of hydrogen-bond acceptors (Lipinski definition) is 2. The van der Waals surface area contributed by atoms with E-state index < -0.39 is 17.7 Å². The molecule has 0 aromatic heterocycles. The molecule has 0 aliphatic heterocycles. The van der Waals surface area contributed by atoms with E-state index in [-0.39, 0.29) is 23.9 Å². The number of carbonyl (C=O) groups is 1. The standard InChI is InChI=1S/C19H22F2N2O/c1-2-6-15(13-7-4-3-5-8-13)19(24)23-12-18(22)16-10-9-14(20)11-17(16)21/h3-5,7-11,15,18H,2,6,12,22H2,1H3,(H,23,24)/t15-,18+/m1/s1. The maximum atomic E-state index is 13.7. The van der Waals surface area contributed by atoms with E-state index in [4.69, 9.17) is 5.73 Å². The Kier molecular flexibility index (Phi) is 6.44. The Labute approximate surface area is 140 Å². The van der Waals surface area contributed by atoms with Gasteiger partial charge >= 0.3 is 0 Å². The molecule has 0 bridgehead atoms. The number of rotatable bonds is 7. The van der Waals surface area contributed by atoms with E-state index in [2.05, 4.69) is 5.32 Å². The summed E-state index contributed by atoms with van der Waals surface area (Å²) < 4.78 is 26.7. The Morgan fingerprint density at radius 2 is 1.88 bits per heavy atom. The van der Waals surface area contributed by atoms with Crippen LogP contribution in [0.25, 0.3) is 0 Å². The lowest BCUT2D eigenvalue weighted by molar-refractivity contribution is -0.122. The molecule has 2 aromatic carbocycles. The molecule has 0 fully saturated rings. The van der Waals surface area contributed by atoms with Gasteiger partial charge in [0.05, 0.1) is 12.0 Å². The van der Waals surface area contributed by atoms with Crippen molar-refractivity contribution in [3.8, 4) is 0 Å². The molecule has 0 spiro atoms. The van der Waals surface area contributed by atoms with Crippen molar-refractivity contribution in [2.24, 2.45) is 5.73 Å². The minimum Gasteiger partial charge on any atom is -0.354 e. The number of nitrogens with two attached hydrogens (primary N) is 1. The molecule has 2 atom stereocenters. The maximum absolute atomic E-state index is 13.7. The zero-order chi connectivity index (χ0) is 17.5. The van der Waals surface area contributed by atoms with Gasteiger partial charge in [0.1, 0.15) is 11.6 Å². The van der Waals surface area contributed by atoms with E-state index in [0.29, 0.717) is 0 Å². The quantitative estimate of drug-likeness (QED) is 0.813. The van der Waals surface area contributed by atoms with Crippen LogP contribution in [0.1, 0.15) is 42.9 Å². The van der Waals surface area contributed by atoms with Crippen LogP contribution in [-0.4, -0.2) is 12.5 Å². The van der Waals surface area contributed by atoms with Gasteiger partial charge in [0, 0.05) is 18.2 Å². The highest BCUT2D eigenvalue weighted by Crippen LogP contribution is 2.22. The van der Waals surface area contributed by atoms with Crippen molar-refractivity contribution in [1.82, 2.24) is 5.32 Å². The Morgan fingerprint density at radius 3 is 2.50 bits per heavy atom. The van der Waals surface area contributed by atoms with Gasteiger partial charge in [-0.15, -0.1) is 0 Å². The molecule has 0 heterocycles. The van der Waals surface area contributed by atoms with Crippen molar-refractivity contribution >= 4 is 5.91 Å². The van der Waals surface area contributed by atoms with E-state index in [1.165, 1.54) is 6.07 Å². The van der Waals surface area contributed by atoms with E-state index in [1.807, 2.05) is 37.3 Å². The van der Waals surface area contributed by atoms with Crippen molar-refractivity contribution in [3.63, 3.8) is 0 Å². The highest BCUT2D eigenvalue weighted by Gasteiger charge is 2.21. The van der Waals surface area contributed by atoms with Crippen molar-refractivity contribution in [3.05, 3.63) is 71.3 Å². The van der Waals surface area contributed by atoms with Crippen LogP contribution in [-0.2, 0) is 4.79 Å². The SMILES string of the molecule is CCC[C@@H](C(=O)NC[C@H](N)c1ccc(F)cc1F)c1ccccc1. The molecular formula is C19H22F2N2O. The molecule has 0 saturated heterocycles. The third-order valence-corrected chi connectivity index (χ3v) is 3.95. The van der Waals surface area contributed by atoms with Crippen LogP contribution in [0.5, 0.6) is 0 Å². The van der Waals surface area contributed by atoms with Gasteiger partial charge in [0.25, 0.3) is 0 Å². The van der Waals surface area contributed by atoms with Gasteiger partial charge in [-0.2, -0.15) is 0 Å². The first kappa shape index (κ1) is 18.1. The fourth-order valence-electron chi connectivity index (χ4n) is 2.67. The molecule has 2 rings (SSSR count). The summed E-state index contributed by atoms with van der Waals surface area (Å²) in [5, 5.41) is 2.78. The van der Waals surface area contributed by atoms with Crippen LogP contribution in [0, 0.1) is 11.6 Å². The molecule has 2 aromatic rings. The molecule has 5 heteroatoms. The molecule has 0 unspecified atom stereocenters. The van der Waals surface area contributed by atoms with Crippen LogP contribution in [0.4, 0.5) is 8.78 Å². The van der Waals surface area contributed by atoms with Crippen LogP contribution in [0.3, 0.4) is 0 Å². The monoisotopic (exact) mass is 332 g/mol. The minimum absolute atomic E-state index is 0.0917. The summed E-state index contributed by atoms with van der Waals surface area (Å²) in [5.74, 6) is -1.76. The lowest BCUT2D eigenvalue weighted by Crippen LogP contribution is -2.35. The molecular weight excluding hydrogens is 310 g/mol. The largest absolute Gasteiger partial charge is 0.354 e. The van der Waals surface area contributed by atoms with Crippen LogP contribution < -0.4 is 11.1 Å². The van der Waals surface area contributed by atoms with Gasteiger partial charge in [-0.05, 0) is 18.1 Å². The molecule has 24 heavy (non-hydrogen) atoms.